The van der Waals surface area contributed by atoms with Crippen LogP contribution in [0.25, 0.3) is 22.0 Å². The number of hydrogen-bond acceptors (Lipinski definition) is 1. The zero-order valence-electron chi connectivity index (χ0n) is 18.9. The van der Waals surface area contributed by atoms with Gasteiger partial charge in [-0.25, -0.2) is 0 Å². The predicted octanol–water partition coefficient (Wildman–Crippen LogP) is 7.29. The summed E-state index contributed by atoms with van der Waals surface area (Å²) < 4.78 is 0. The van der Waals surface area contributed by atoms with Crippen LogP contribution in [0.4, 0.5) is 0 Å². The predicted molar refractivity (Wildman–Crippen MR) is 119 cm³/mol. The Morgan fingerprint density at radius 3 is 1.22 bits per heavy atom. The van der Waals surface area contributed by atoms with Gasteiger partial charge in [-0.15, -0.1) is 0 Å². The molecule has 0 aliphatic heterocycles. The smallest absolute Gasteiger partial charge is 0.0792 e. The van der Waals surface area contributed by atoms with E-state index in [1.807, 2.05) is 0 Å². The molecule has 2 aromatic carbocycles. The van der Waals surface area contributed by atoms with E-state index in [4.69, 9.17) is 4.98 Å². The van der Waals surface area contributed by atoms with Crippen molar-refractivity contribution in [1.29, 1.82) is 0 Å². The van der Waals surface area contributed by atoms with Gasteiger partial charge in [0.2, 0.25) is 0 Å². The molecule has 142 valence electrons. The summed E-state index contributed by atoms with van der Waals surface area (Å²) in [4.78, 5) is 5.18. The second kappa shape index (κ2) is 6.48. The SMILES string of the molecule is Cc1nc(-c2c(C)c(C)c(C)c(C)c2C)c2c(C)c(C)c(C)c(C)c2c1C. The minimum absolute atomic E-state index is 1.14. The molecule has 0 saturated heterocycles. The molecule has 3 aromatic rings. The zero-order chi connectivity index (χ0) is 20.4. The molecule has 0 bridgehead atoms. The summed E-state index contributed by atoms with van der Waals surface area (Å²) in [5.41, 5.74) is 17.4. The Morgan fingerprint density at radius 1 is 0.370 bits per heavy atom. The Kier molecular flexibility index (Phi) is 4.70. The van der Waals surface area contributed by atoms with E-state index in [0.29, 0.717) is 0 Å². The third kappa shape index (κ3) is 2.63. The normalized spacial score (nSPS) is 11.5. The van der Waals surface area contributed by atoms with Crippen LogP contribution in [0.2, 0.25) is 0 Å². The minimum Gasteiger partial charge on any atom is -0.252 e. The van der Waals surface area contributed by atoms with Gasteiger partial charge in [0.05, 0.1) is 5.69 Å². The van der Waals surface area contributed by atoms with Gasteiger partial charge in [-0.3, -0.25) is 4.98 Å². The Labute approximate surface area is 164 Å². The zero-order valence-corrected chi connectivity index (χ0v) is 18.9. The van der Waals surface area contributed by atoms with Gasteiger partial charge in [-0.2, -0.15) is 0 Å². The van der Waals surface area contributed by atoms with Crippen molar-refractivity contribution < 1.29 is 0 Å². The lowest BCUT2D eigenvalue weighted by Gasteiger charge is -2.23. The molecule has 1 aromatic heterocycles. The summed E-state index contributed by atoms with van der Waals surface area (Å²) in [6.45, 7) is 24.7. The Balaban J connectivity index is 2.66. The summed E-state index contributed by atoms with van der Waals surface area (Å²) in [6.07, 6.45) is 0. The Morgan fingerprint density at radius 2 is 0.741 bits per heavy atom. The quantitative estimate of drug-likeness (QED) is 0.444. The Hall–Kier alpha value is -2.15. The van der Waals surface area contributed by atoms with Gasteiger partial charge in [0, 0.05) is 16.6 Å². The fourth-order valence-corrected chi connectivity index (χ4v) is 4.60. The molecule has 0 spiro atoms. The van der Waals surface area contributed by atoms with Gasteiger partial charge in [-0.1, -0.05) is 0 Å². The van der Waals surface area contributed by atoms with Crippen LogP contribution >= 0.6 is 0 Å². The van der Waals surface area contributed by atoms with Crippen molar-refractivity contribution in [3.63, 3.8) is 0 Å². The summed E-state index contributed by atoms with van der Waals surface area (Å²) in [6, 6.07) is 0. The highest BCUT2D eigenvalue weighted by molar-refractivity contribution is 6.03. The first kappa shape index (κ1) is 19.6. The van der Waals surface area contributed by atoms with E-state index in [-0.39, 0.29) is 0 Å². The van der Waals surface area contributed by atoms with Crippen LogP contribution in [0.3, 0.4) is 0 Å². The second-order valence-electron chi connectivity index (χ2n) is 8.42. The van der Waals surface area contributed by atoms with E-state index in [1.54, 1.807) is 0 Å². The molecule has 0 atom stereocenters. The third-order valence-corrected chi connectivity index (χ3v) is 7.36. The first-order valence-corrected chi connectivity index (χ1v) is 9.95. The molecule has 27 heavy (non-hydrogen) atoms. The molecule has 0 aliphatic carbocycles. The van der Waals surface area contributed by atoms with Crippen molar-refractivity contribution >= 4 is 10.8 Å². The molecule has 0 unspecified atom stereocenters. The maximum absolute atomic E-state index is 5.18. The lowest BCUT2D eigenvalue weighted by molar-refractivity contribution is 1.13. The van der Waals surface area contributed by atoms with Gasteiger partial charge >= 0.3 is 0 Å². The monoisotopic (exact) mass is 359 g/mol. The molecule has 3 rings (SSSR count). The highest BCUT2D eigenvalue weighted by Gasteiger charge is 2.22. The number of nitrogens with zero attached hydrogens (tertiary/aromatic N) is 1. The van der Waals surface area contributed by atoms with E-state index in [9.17, 15) is 0 Å². The molecule has 0 amide bonds. The molecule has 1 heteroatoms. The minimum atomic E-state index is 1.14. The summed E-state index contributed by atoms with van der Waals surface area (Å²) in [5.74, 6) is 0. The average molecular weight is 360 g/mol. The van der Waals surface area contributed by atoms with E-state index < -0.39 is 0 Å². The van der Waals surface area contributed by atoms with Gasteiger partial charge in [0.15, 0.2) is 0 Å². The van der Waals surface area contributed by atoms with Crippen molar-refractivity contribution in [2.24, 2.45) is 0 Å². The van der Waals surface area contributed by atoms with E-state index in [2.05, 4.69) is 76.2 Å². The number of rotatable bonds is 1. The van der Waals surface area contributed by atoms with Crippen LogP contribution in [0.5, 0.6) is 0 Å². The van der Waals surface area contributed by atoms with Gasteiger partial charge in [0.25, 0.3) is 0 Å². The molecule has 1 nitrogen and oxygen atoms in total. The fraction of sp³-hybridized carbons (Fsp3) is 0.423. The summed E-state index contributed by atoms with van der Waals surface area (Å²) >= 11 is 0. The lowest BCUT2D eigenvalue weighted by atomic mass is 9.83. The summed E-state index contributed by atoms with van der Waals surface area (Å²) in [5, 5.41) is 2.74. The Bertz CT molecular complexity index is 1080. The lowest BCUT2D eigenvalue weighted by Crippen LogP contribution is -2.05. The van der Waals surface area contributed by atoms with Crippen LogP contribution in [0.15, 0.2) is 0 Å². The van der Waals surface area contributed by atoms with Crippen molar-refractivity contribution in [1.82, 2.24) is 4.98 Å². The molecule has 1 heterocycles. The van der Waals surface area contributed by atoms with Crippen molar-refractivity contribution in [3.05, 3.63) is 61.3 Å². The van der Waals surface area contributed by atoms with Gasteiger partial charge in [0.1, 0.15) is 0 Å². The number of fused-ring (bicyclic) bond motifs is 1. The maximum atomic E-state index is 5.18. The van der Waals surface area contributed by atoms with Crippen molar-refractivity contribution in [3.8, 4) is 11.3 Å². The molecule has 0 saturated carbocycles. The van der Waals surface area contributed by atoms with Crippen LogP contribution in [0, 0.1) is 76.2 Å². The first-order chi connectivity index (χ1) is 12.5. The highest BCUT2D eigenvalue weighted by Crippen LogP contribution is 2.41. The van der Waals surface area contributed by atoms with E-state index in [1.165, 1.54) is 72.0 Å². The molecular formula is C26H33N. The standard InChI is InChI=1S/C26H33N/c1-12-13(2)18(7)24(19(8)14(12)3)26-25-20(9)16(5)15(4)17(6)23(25)21(10)22(11)27-26/h1-11H3. The molecule has 0 aliphatic rings. The summed E-state index contributed by atoms with van der Waals surface area (Å²) in [7, 11) is 0. The molecular weight excluding hydrogens is 326 g/mol. The van der Waals surface area contributed by atoms with Crippen LogP contribution in [-0.4, -0.2) is 4.98 Å². The van der Waals surface area contributed by atoms with Crippen molar-refractivity contribution in [2.75, 3.05) is 0 Å². The van der Waals surface area contributed by atoms with Crippen LogP contribution in [0.1, 0.15) is 61.3 Å². The number of aryl methyl sites for hydroxylation is 4. The third-order valence-electron chi connectivity index (χ3n) is 7.36. The number of pyridine rings is 1. The average Bonchev–Trinajstić information content (AvgIpc) is 2.63. The molecule has 0 radical (unpaired) electrons. The largest absolute Gasteiger partial charge is 0.252 e. The number of benzene rings is 2. The van der Waals surface area contributed by atoms with E-state index in [0.717, 1.165) is 11.4 Å². The van der Waals surface area contributed by atoms with Crippen LogP contribution in [-0.2, 0) is 0 Å². The fourth-order valence-electron chi connectivity index (χ4n) is 4.60. The van der Waals surface area contributed by atoms with Crippen molar-refractivity contribution in [2.45, 2.75) is 76.2 Å². The number of aromatic nitrogens is 1. The molecule has 0 N–H and O–H groups in total. The number of hydrogen-bond donors (Lipinski definition) is 0. The second-order valence-corrected chi connectivity index (χ2v) is 8.42. The van der Waals surface area contributed by atoms with Crippen LogP contribution < -0.4 is 0 Å². The van der Waals surface area contributed by atoms with E-state index >= 15 is 0 Å². The van der Waals surface area contributed by atoms with Gasteiger partial charge in [-0.05, 0) is 137 Å². The highest BCUT2D eigenvalue weighted by atomic mass is 14.7. The first-order valence-electron chi connectivity index (χ1n) is 9.95. The van der Waals surface area contributed by atoms with Gasteiger partial charge < -0.3 is 0 Å². The molecule has 0 fully saturated rings. The maximum Gasteiger partial charge on any atom is 0.0792 e. The topological polar surface area (TPSA) is 12.9 Å².